The molecule has 0 saturated heterocycles. The van der Waals surface area contributed by atoms with E-state index >= 15 is 0 Å². The van der Waals surface area contributed by atoms with Gasteiger partial charge in [-0.15, -0.1) is 11.3 Å². The molecule has 1 aromatic heterocycles. The highest BCUT2D eigenvalue weighted by atomic mass is 32.1. The van der Waals surface area contributed by atoms with Crippen LogP contribution in [0.1, 0.15) is 33.4 Å². The summed E-state index contributed by atoms with van der Waals surface area (Å²) in [5.41, 5.74) is 1.58. The molecule has 2 heterocycles. The number of hydrogen-bond donors (Lipinski definition) is 0. The molecule has 7 nitrogen and oxygen atoms in total. The third-order valence-electron chi connectivity index (χ3n) is 3.87. The molecule has 1 aliphatic rings. The van der Waals surface area contributed by atoms with Crippen molar-refractivity contribution in [1.82, 2.24) is 4.98 Å². The van der Waals surface area contributed by atoms with Crippen LogP contribution < -0.4 is 9.64 Å². The van der Waals surface area contributed by atoms with Crippen molar-refractivity contribution in [3.63, 3.8) is 0 Å². The van der Waals surface area contributed by atoms with Crippen molar-refractivity contribution < 1.29 is 23.8 Å². The largest absolute Gasteiger partial charge is 0.490 e. The molecule has 0 saturated carbocycles. The molecule has 0 radical (unpaired) electrons. The van der Waals surface area contributed by atoms with Gasteiger partial charge in [0.25, 0.3) is 0 Å². The first kappa shape index (κ1) is 20.1. The van der Waals surface area contributed by atoms with E-state index in [2.05, 4.69) is 4.98 Å². The smallest absolute Gasteiger partial charge is 0.415 e. The van der Waals surface area contributed by atoms with Crippen molar-refractivity contribution >= 4 is 29.1 Å². The molecular weight excluding hydrogens is 380 g/mol. The van der Waals surface area contributed by atoms with E-state index in [9.17, 15) is 9.59 Å². The summed E-state index contributed by atoms with van der Waals surface area (Å²) >= 11 is 1.44. The van der Waals surface area contributed by atoms with Crippen LogP contribution in [-0.2, 0) is 20.7 Å². The Balaban J connectivity index is 1.84. The van der Waals surface area contributed by atoms with E-state index in [1.807, 2.05) is 44.4 Å². The predicted octanol–water partition coefficient (Wildman–Crippen LogP) is 4.05. The minimum Gasteiger partial charge on any atom is -0.490 e. The summed E-state index contributed by atoms with van der Waals surface area (Å²) in [6.45, 7) is 8.46. The van der Waals surface area contributed by atoms with Crippen LogP contribution in [0.2, 0.25) is 0 Å². The number of rotatable bonds is 4. The molecule has 0 atom stereocenters. The number of carbonyl (C=O) groups excluding carboxylic acids is 2. The maximum Gasteiger partial charge on any atom is 0.415 e. The molecule has 0 fully saturated rings. The van der Waals surface area contributed by atoms with Gasteiger partial charge in [-0.1, -0.05) is 0 Å². The van der Waals surface area contributed by atoms with Gasteiger partial charge in [0, 0.05) is 10.9 Å². The van der Waals surface area contributed by atoms with Crippen LogP contribution in [0.15, 0.2) is 23.6 Å². The van der Waals surface area contributed by atoms with Crippen LogP contribution in [-0.4, -0.2) is 42.4 Å². The van der Waals surface area contributed by atoms with Gasteiger partial charge in [0.2, 0.25) is 0 Å². The maximum atomic E-state index is 12.6. The Morgan fingerprint density at radius 2 is 2.11 bits per heavy atom. The second-order valence-corrected chi connectivity index (χ2v) is 8.15. The zero-order valence-corrected chi connectivity index (χ0v) is 17.3. The molecule has 0 spiro atoms. The summed E-state index contributed by atoms with van der Waals surface area (Å²) in [5, 5.41) is 2.60. The summed E-state index contributed by atoms with van der Waals surface area (Å²) in [6.07, 6.45) is -0.265. The molecule has 0 aliphatic carbocycles. The predicted molar refractivity (Wildman–Crippen MR) is 107 cm³/mol. The highest BCUT2D eigenvalue weighted by molar-refractivity contribution is 7.13. The Morgan fingerprint density at radius 3 is 2.82 bits per heavy atom. The molecule has 8 heteroatoms. The van der Waals surface area contributed by atoms with Crippen LogP contribution in [0.5, 0.6) is 5.75 Å². The maximum absolute atomic E-state index is 12.6. The van der Waals surface area contributed by atoms with Crippen molar-refractivity contribution in [2.75, 3.05) is 24.7 Å². The van der Waals surface area contributed by atoms with Gasteiger partial charge in [-0.3, -0.25) is 9.69 Å². The molecule has 1 aliphatic heterocycles. The standard InChI is InChI=1S/C20H24N2O5S/c1-5-25-17(23)11-14-12-28-18(21-14)13-6-7-16-15(10-13)22(8-9-26-16)19(24)27-20(2,3)4/h6-7,10,12H,5,8-9,11H2,1-4H3. The third kappa shape index (κ3) is 4.81. The van der Waals surface area contributed by atoms with Crippen molar-refractivity contribution in [2.24, 2.45) is 0 Å². The molecule has 3 rings (SSSR count). The lowest BCUT2D eigenvalue weighted by Gasteiger charge is -2.31. The third-order valence-corrected chi connectivity index (χ3v) is 4.81. The lowest BCUT2D eigenvalue weighted by molar-refractivity contribution is -0.142. The van der Waals surface area contributed by atoms with Crippen molar-refractivity contribution in [3.05, 3.63) is 29.3 Å². The van der Waals surface area contributed by atoms with Crippen molar-refractivity contribution in [3.8, 4) is 16.3 Å². The normalized spacial score (nSPS) is 13.5. The van der Waals surface area contributed by atoms with Gasteiger partial charge in [-0.25, -0.2) is 9.78 Å². The Morgan fingerprint density at radius 1 is 1.32 bits per heavy atom. The SMILES string of the molecule is CCOC(=O)Cc1csc(-c2ccc3c(c2)N(C(=O)OC(C)(C)C)CCO3)n1. The molecule has 0 bridgehead atoms. The zero-order valence-electron chi connectivity index (χ0n) is 16.5. The molecular formula is C20H24N2O5S. The second-order valence-electron chi connectivity index (χ2n) is 7.29. The molecule has 150 valence electrons. The fourth-order valence-corrected chi connectivity index (χ4v) is 3.55. The number of thiazole rings is 1. The molecule has 0 unspecified atom stereocenters. The van der Waals surface area contributed by atoms with E-state index in [0.717, 1.165) is 10.6 Å². The topological polar surface area (TPSA) is 78.0 Å². The number of fused-ring (bicyclic) bond motifs is 1. The number of ether oxygens (including phenoxy) is 3. The summed E-state index contributed by atoms with van der Waals surface area (Å²) in [7, 11) is 0. The van der Waals surface area contributed by atoms with Crippen LogP contribution in [0.3, 0.4) is 0 Å². The van der Waals surface area contributed by atoms with Crippen LogP contribution in [0, 0.1) is 0 Å². The number of carbonyl (C=O) groups is 2. The number of anilines is 1. The van der Waals surface area contributed by atoms with Gasteiger partial charge in [0.15, 0.2) is 0 Å². The Labute approximate surface area is 168 Å². The Kier molecular flexibility index (Phi) is 5.88. The first-order chi connectivity index (χ1) is 13.3. The number of benzene rings is 1. The fraction of sp³-hybridized carbons (Fsp3) is 0.450. The summed E-state index contributed by atoms with van der Waals surface area (Å²) in [5.74, 6) is 0.332. The minimum absolute atomic E-state index is 0.141. The quantitative estimate of drug-likeness (QED) is 0.716. The van der Waals surface area contributed by atoms with Gasteiger partial charge in [0.1, 0.15) is 23.0 Å². The molecule has 1 aromatic carbocycles. The van der Waals surface area contributed by atoms with Crippen LogP contribution >= 0.6 is 11.3 Å². The van der Waals surface area contributed by atoms with E-state index in [-0.39, 0.29) is 12.4 Å². The number of amides is 1. The van der Waals surface area contributed by atoms with Crippen molar-refractivity contribution in [2.45, 2.75) is 39.7 Å². The van der Waals surface area contributed by atoms with E-state index < -0.39 is 11.7 Å². The van der Waals surface area contributed by atoms with Gasteiger partial charge in [0.05, 0.1) is 31.0 Å². The molecule has 28 heavy (non-hydrogen) atoms. The molecule has 2 aromatic rings. The highest BCUT2D eigenvalue weighted by Gasteiger charge is 2.28. The summed E-state index contributed by atoms with van der Waals surface area (Å²) in [6, 6.07) is 5.59. The average Bonchev–Trinajstić information content (AvgIpc) is 3.07. The van der Waals surface area contributed by atoms with Gasteiger partial charge in [-0.05, 0) is 45.9 Å². The van der Waals surface area contributed by atoms with Gasteiger partial charge < -0.3 is 14.2 Å². The monoisotopic (exact) mass is 404 g/mol. The second kappa shape index (κ2) is 8.18. The first-order valence-corrected chi connectivity index (χ1v) is 10.0. The average molecular weight is 404 g/mol. The minimum atomic E-state index is -0.579. The highest BCUT2D eigenvalue weighted by Crippen LogP contribution is 2.37. The first-order valence-electron chi connectivity index (χ1n) is 9.14. The number of hydrogen-bond acceptors (Lipinski definition) is 7. The lowest BCUT2D eigenvalue weighted by Crippen LogP contribution is -2.41. The van der Waals surface area contributed by atoms with Gasteiger partial charge >= 0.3 is 12.1 Å². The lowest BCUT2D eigenvalue weighted by atomic mass is 10.1. The number of esters is 1. The molecule has 0 N–H and O–H groups in total. The zero-order chi connectivity index (χ0) is 20.3. The van der Waals surface area contributed by atoms with E-state index in [1.54, 1.807) is 11.8 Å². The van der Waals surface area contributed by atoms with E-state index in [1.165, 1.54) is 11.3 Å². The number of nitrogens with zero attached hydrogens (tertiary/aromatic N) is 2. The van der Waals surface area contributed by atoms with E-state index in [4.69, 9.17) is 14.2 Å². The van der Waals surface area contributed by atoms with Crippen molar-refractivity contribution in [1.29, 1.82) is 0 Å². The summed E-state index contributed by atoms with van der Waals surface area (Å²) in [4.78, 5) is 30.4. The fourth-order valence-electron chi connectivity index (χ4n) is 2.74. The van der Waals surface area contributed by atoms with E-state index in [0.29, 0.717) is 36.9 Å². The number of aromatic nitrogens is 1. The Bertz CT molecular complexity index is 872. The van der Waals surface area contributed by atoms with Crippen LogP contribution in [0.4, 0.5) is 10.5 Å². The Hall–Kier alpha value is -2.61. The van der Waals surface area contributed by atoms with Crippen LogP contribution in [0.25, 0.3) is 10.6 Å². The molecule has 1 amide bonds. The summed E-state index contributed by atoms with van der Waals surface area (Å²) < 4.78 is 16.2. The van der Waals surface area contributed by atoms with Gasteiger partial charge in [-0.2, -0.15) is 0 Å².